The molecular formula is C18H16ClN3O2. The van der Waals surface area contributed by atoms with E-state index in [1.54, 1.807) is 35.4 Å². The largest absolute Gasteiger partial charge is 0.328 e. The maximum Gasteiger partial charge on any atom is 0.328 e. The van der Waals surface area contributed by atoms with Crippen LogP contribution in [-0.2, 0) is 25.3 Å². The normalized spacial score (nSPS) is 16.5. The van der Waals surface area contributed by atoms with Gasteiger partial charge in [-0.3, -0.25) is 13.9 Å². The SMILES string of the molecule is Cn1c(=O)n(C)c2cc(C[C@@H]3C(=O)Nc4cc(Cl)ccc43)ccc21. The minimum absolute atomic E-state index is 0.0192. The van der Waals surface area contributed by atoms with E-state index < -0.39 is 0 Å². The molecule has 2 heterocycles. The van der Waals surface area contributed by atoms with Gasteiger partial charge in [0.1, 0.15) is 0 Å². The van der Waals surface area contributed by atoms with Gasteiger partial charge in [0.25, 0.3) is 0 Å². The first kappa shape index (κ1) is 15.0. The number of carbonyl (C=O) groups excluding carboxylic acids is 1. The van der Waals surface area contributed by atoms with Crippen molar-refractivity contribution in [1.82, 2.24) is 9.13 Å². The zero-order valence-electron chi connectivity index (χ0n) is 13.3. The van der Waals surface area contributed by atoms with Crippen LogP contribution < -0.4 is 11.0 Å². The zero-order chi connectivity index (χ0) is 17.0. The van der Waals surface area contributed by atoms with Crippen molar-refractivity contribution < 1.29 is 4.79 Å². The van der Waals surface area contributed by atoms with Crippen molar-refractivity contribution in [2.75, 3.05) is 5.32 Å². The number of rotatable bonds is 2. The Bertz CT molecular complexity index is 1050. The maximum absolute atomic E-state index is 12.3. The zero-order valence-corrected chi connectivity index (χ0v) is 14.1. The molecule has 4 rings (SSSR count). The molecule has 24 heavy (non-hydrogen) atoms. The molecule has 122 valence electrons. The second kappa shape index (κ2) is 5.24. The van der Waals surface area contributed by atoms with Crippen LogP contribution in [0.2, 0.25) is 5.02 Å². The molecule has 1 aromatic heterocycles. The number of anilines is 1. The maximum atomic E-state index is 12.3. The van der Waals surface area contributed by atoms with Gasteiger partial charge >= 0.3 is 5.69 Å². The predicted molar refractivity (Wildman–Crippen MR) is 94.7 cm³/mol. The number of nitrogens with one attached hydrogen (secondary N) is 1. The second-order valence-electron chi connectivity index (χ2n) is 6.20. The second-order valence-corrected chi connectivity index (χ2v) is 6.64. The molecule has 1 aliphatic heterocycles. The summed E-state index contributed by atoms with van der Waals surface area (Å²) in [5, 5.41) is 3.49. The Balaban J connectivity index is 1.74. The summed E-state index contributed by atoms with van der Waals surface area (Å²) in [5.74, 6) is -0.259. The summed E-state index contributed by atoms with van der Waals surface area (Å²) >= 11 is 5.99. The van der Waals surface area contributed by atoms with Crippen molar-refractivity contribution in [3.8, 4) is 0 Å². The van der Waals surface area contributed by atoms with E-state index in [2.05, 4.69) is 5.32 Å². The highest BCUT2D eigenvalue weighted by atomic mass is 35.5. The summed E-state index contributed by atoms with van der Waals surface area (Å²) < 4.78 is 3.25. The number of fused-ring (bicyclic) bond motifs is 2. The van der Waals surface area contributed by atoms with E-state index in [0.29, 0.717) is 11.4 Å². The van der Waals surface area contributed by atoms with Crippen LogP contribution in [0.5, 0.6) is 0 Å². The van der Waals surface area contributed by atoms with Gasteiger partial charge in [0.2, 0.25) is 5.91 Å². The molecule has 1 atom stereocenters. The average Bonchev–Trinajstić information content (AvgIpc) is 2.97. The highest BCUT2D eigenvalue weighted by Crippen LogP contribution is 2.36. The lowest BCUT2D eigenvalue weighted by Gasteiger charge is -2.09. The van der Waals surface area contributed by atoms with Gasteiger partial charge in [-0.25, -0.2) is 4.79 Å². The van der Waals surface area contributed by atoms with Gasteiger partial charge in [-0.15, -0.1) is 0 Å². The molecule has 0 aliphatic carbocycles. The van der Waals surface area contributed by atoms with E-state index in [4.69, 9.17) is 11.6 Å². The third-order valence-corrected chi connectivity index (χ3v) is 4.98. The lowest BCUT2D eigenvalue weighted by Crippen LogP contribution is -2.19. The summed E-state index contributed by atoms with van der Waals surface area (Å²) in [7, 11) is 3.52. The summed E-state index contributed by atoms with van der Waals surface area (Å²) in [6.45, 7) is 0. The number of nitrogens with zero attached hydrogens (tertiary/aromatic N) is 2. The van der Waals surface area contributed by atoms with E-state index in [1.807, 2.05) is 24.3 Å². The van der Waals surface area contributed by atoms with Gasteiger partial charge in [-0.2, -0.15) is 0 Å². The minimum Gasteiger partial charge on any atom is -0.325 e. The smallest absolute Gasteiger partial charge is 0.325 e. The molecular weight excluding hydrogens is 326 g/mol. The lowest BCUT2D eigenvalue weighted by atomic mass is 9.93. The number of imidazole rings is 1. The fraction of sp³-hybridized carbons (Fsp3) is 0.222. The molecule has 0 spiro atoms. The Hall–Kier alpha value is -2.53. The van der Waals surface area contributed by atoms with Gasteiger partial charge in [0.05, 0.1) is 17.0 Å². The van der Waals surface area contributed by atoms with Crippen LogP contribution in [0.3, 0.4) is 0 Å². The topological polar surface area (TPSA) is 56.0 Å². The number of hydrogen-bond acceptors (Lipinski definition) is 2. The number of benzene rings is 2. The van der Waals surface area contributed by atoms with E-state index >= 15 is 0 Å². The minimum atomic E-state index is -0.240. The molecule has 2 aromatic carbocycles. The Morgan fingerprint density at radius 1 is 1.04 bits per heavy atom. The molecule has 6 heteroatoms. The summed E-state index contributed by atoms with van der Waals surface area (Å²) in [4.78, 5) is 24.4. The number of carbonyl (C=O) groups is 1. The molecule has 5 nitrogen and oxygen atoms in total. The lowest BCUT2D eigenvalue weighted by molar-refractivity contribution is -0.117. The molecule has 1 aliphatic rings. The van der Waals surface area contributed by atoms with Gasteiger partial charge in [0, 0.05) is 24.8 Å². The van der Waals surface area contributed by atoms with Gasteiger partial charge in [-0.05, 0) is 41.8 Å². The molecule has 0 saturated heterocycles. The van der Waals surface area contributed by atoms with Crippen molar-refractivity contribution in [2.24, 2.45) is 14.1 Å². The number of hydrogen-bond donors (Lipinski definition) is 1. The summed E-state index contributed by atoms with van der Waals surface area (Å²) in [5.41, 5.74) is 4.47. The molecule has 1 N–H and O–H groups in total. The average molecular weight is 342 g/mol. The molecule has 3 aromatic rings. The van der Waals surface area contributed by atoms with E-state index in [9.17, 15) is 9.59 Å². The summed E-state index contributed by atoms with van der Waals surface area (Å²) in [6.07, 6.45) is 0.583. The first-order valence-electron chi connectivity index (χ1n) is 7.70. The molecule has 0 bridgehead atoms. The fourth-order valence-corrected chi connectivity index (χ4v) is 3.59. The number of aromatic nitrogens is 2. The first-order valence-corrected chi connectivity index (χ1v) is 8.08. The Morgan fingerprint density at radius 2 is 1.79 bits per heavy atom. The van der Waals surface area contributed by atoms with Gasteiger partial charge in [-0.1, -0.05) is 23.7 Å². The monoisotopic (exact) mass is 341 g/mol. The molecule has 1 amide bonds. The van der Waals surface area contributed by atoms with Gasteiger partial charge in [0.15, 0.2) is 0 Å². The number of amides is 1. The highest BCUT2D eigenvalue weighted by Gasteiger charge is 2.30. The molecule has 0 saturated carbocycles. The molecule has 0 radical (unpaired) electrons. The highest BCUT2D eigenvalue weighted by molar-refractivity contribution is 6.31. The predicted octanol–water partition coefficient (Wildman–Crippen LogP) is 2.81. The quantitative estimate of drug-likeness (QED) is 0.779. The third-order valence-electron chi connectivity index (χ3n) is 4.74. The first-order chi connectivity index (χ1) is 11.5. The Morgan fingerprint density at radius 3 is 2.58 bits per heavy atom. The van der Waals surface area contributed by atoms with Crippen molar-refractivity contribution >= 4 is 34.2 Å². The Kier molecular flexibility index (Phi) is 3.28. The van der Waals surface area contributed by atoms with Crippen molar-refractivity contribution in [3.63, 3.8) is 0 Å². The standard InChI is InChI=1S/C18H16ClN3O2/c1-21-15-6-3-10(8-16(15)22(2)18(21)24)7-13-12-5-4-11(19)9-14(12)20-17(13)23/h3-6,8-9,13H,7H2,1-2H3,(H,20,23)/t13-/m0/s1. The molecule has 0 fully saturated rings. The van der Waals surface area contributed by atoms with E-state index in [0.717, 1.165) is 27.8 Å². The fourth-order valence-electron chi connectivity index (χ4n) is 3.42. The van der Waals surface area contributed by atoms with Crippen molar-refractivity contribution in [2.45, 2.75) is 12.3 Å². The van der Waals surface area contributed by atoms with Crippen LogP contribution in [0.25, 0.3) is 11.0 Å². The molecule has 0 unspecified atom stereocenters. The number of aryl methyl sites for hydroxylation is 2. The van der Waals surface area contributed by atoms with Crippen LogP contribution in [0, 0.1) is 0 Å². The van der Waals surface area contributed by atoms with Crippen molar-refractivity contribution in [3.05, 3.63) is 63.0 Å². The van der Waals surface area contributed by atoms with Crippen LogP contribution in [0.15, 0.2) is 41.2 Å². The van der Waals surface area contributed by atoms with Crippen LogP contribution in [-0.4, -0.2) is 15.0 Å². The van der Waals surface area contributed by atoms with Crippen LogP contribution in [0.1, 0.15) is 17.0 Å². The van der Waals surface area contributed by atoms with Crippen LogP contribution in [0.4, 0.5) is 5.69 Å². The van der Waals surface area contributed by atoms with Crippen LogP contribution >= 0.6 is 11.6 Å². The number of halogens is 1. The Labute approximate surface area is 143 Å². The van der Waals surface area contributed by atoms with E-state index in [1.165, 1.54) is 0 Å². The third kappa shape index (κ3) is 2.16. The van der Waals surface area contributed by atoms with E-state index in [-0.39, 0.29) is 17.5 Å². The van der Waals surface area contributed by atoms with Crippen molar-refractivity contribution in [1.29, 1.82) is 0 Å². The van der Waals surface area contributed by atoms with Gasteiger partial charge < -0.3 is 5.32 Å². The summed E-state index contributed by atoms with van der Waals surface area (Å²) in [6, 6.07) is 11.4.